The van der Waals surface area contributed by atoms with E-state index in [-0.39, 0.29) is 6.04 Å². The van der Waals surface area contributed by atoms with Crippen molar-refractivity contribution in [3.05, 3.63) is 0 Å². The first-order valence-corrected chi connectivity index (χ1v) is 4.70. The highest BCUT2D eigenvalue weighted by molar-refractivity contribution is 4.72. The molecule has 5 heteroatoms. The Morgan fingerprint density at radius 3 is 2.29 bits per heavy atom. The first kappa shape index (κ1) is 13.7. The van der Waals surface area contributed by atoms with Gasteiger partial charge in [-0.3, -0.25) is 0 Å². The highest BCUT2D eigenvalue weighted by Gasteiger charge is 2.30. The van der Waals surface area contributed by atoms with Crippen molar-refractivity contribution in [3.8, 4) is 0 Å². The minimum Gasteiger partial charge on any atom is -0.383 e. The molecule has 0 rings (SSSR count). The lowest BCUT2D eigenvalue weighted by Gasteiger charge is -2.22. The number of hydrogen-bond acceptors (Lipinski definition) is 2. The van der Waals surface area contributed by atoms with Gasteiger partial charge in [0.2, 0.25) is 0 Å². The van der Waals surface area contributed by atoms with Crippen LogP contribution in [0.2, 0.25) is 0 Å². The third-order valence-corrected chi connectivity index (χ3v) is 1.92. The van der Waals surface area contributed by atoms with Crippen LogP contribution >= 0.6 is 0 Å². The number of rotatable bonds is 6. The molecule has 0 saturated heterocycles. The van der Waals surface area contributed by atoms with Crippen molar-refractivity contribution in [2.24, 2.45) is 0 Å². The molecule has 0 fully saturated rings. The van der Waals surface area contributed by atoms with Crippen molar-refractivity contribution in [2.45, 2.75) is 44.9 Å². The van der Waals surface area contributed by atoms with E-state index >= 15 is 0 Å². The van der Waals surface area contributed by atoms with Crippen LogP contribution in [0.15, 0.2) is 0 Å². The van der Waals surface area contributed by atoms with Crippen molar-refractivity contribution >= 4 is 0 Å². The third kappa shape index (κ3) is 7.15. The predicted octanol–water partition coefficient (Wildman–Crippen LogP) is 2.34. The molecule has 0 bridgehead atoms. The quantitative estimate of drug-likeness (QED) is 0.731. The van der Waals surface area contributed by atoms with Gasteiger partial charge >= 0.3 is 6.18 Å². The topological polar surface area (TPSA) is 21.3 Å². The summed E-state index contributed by atoms with van der Waals surface area (Å²) in [6.45, 7) is 3.89. The van der Waals surface area contributed by atoms with E-state index in [1.165, 1.54) is 6.92 Å². The number of ether oxygens (including phenoxy) is 1. The molecule has 0 aromatic heterocycles. The Bertz CT molecular complexity index is 149. The summed E-state index contributed by atoms with van der Waals surface area (Å²) in [5, 5.41) is 2.88. The molecule has 2 atom stereocenters. The van der Waals surface area contributed by atoms with Crippen LogP contribution in [0.25, 0.3) is 0 Å². The minimum absolute atomic E-state index is 0.00245. The molecule has 2 nitrogen and oxygen atoms in total. The van der Waals surface area contributed by atoms with Crippen molar-refractivity contribution < 1.29 is 17.9 Å². The average Bonchev–Trinajstić information content (AvgIpc) is 2.00. The van der Waals surface area contributed by atoms with Crippen molar-refractivity contribution in [2.75, 3.05) is 13.7 Å². The lowest BCUT2D eigenvalue weighted by molar-refractivity contribution is -0.139. The molecule has 0 aromatic carbocycles. The molecule has 0 saturated carbocycles. The Hall–Kier alpha value is -0.290. The Labute approximate surface area is 82.8 Å². The first-order valence-electron chi connectivity index (χ1n) is 4.70. The molecular formula is C9H18F3NO. The van der Waals surface area contributed by atoms with Gasteiger partial charge in [-0.2, -0.15) is 13.2 Å². The van der Waals surface area contributed by atoms with Gasteiger partial charge in [0.15, 0.2) is 0 Å². The largest absolute Gasteiger partial charge is 0.390 e. The van der Waals surface area contributed by atoms with Gasteiger partial charge in [-0.1, -0.05) is 6.92 Å². The summed E-state index contributed by atoms with van der Waals surface area (Å²) in [5.41, 5.74) is 0. The van der Waals surface area contributed by atoms with E-state index < -0.39 is 18.6 Å². The second-order valence-electron chi connectivity index (χ2n) is 3.45. The molecule has 0 aromatic rings. The minimum atomic E-state index is -4.10. The Kier molecular flexibility index (Phi) is 6.11. The highest BCUT2D eigenvalue weighted by Crippen LogP contribution is 2.21. The molecule has 0 radical (unpaired) electrons. The second-order valence-corrected chi connectivity index (χ2v) is 3.45. The van der Waals surface area contributed by atoms with Gasteiger partial charge in [0.1, 0.15) is 0 Å². The molecule has 0 heterocycles. The molecule has 0 spiro atoms. The Morgan fingerprint density at radius 2 is 1.93 bits per heavy atom. The summed E-state index contributed by atoms with van der Waals surface area (Å²) in [6, 6.07) is -0.563. The van der Waals surface area contributed by atoms with E-state index in [9.17, 15) is 13.2 Å². The van der Waals surface area contributed by atoms with Crippen LogP contribution in [0, 0.1) is 0 Å². The first-order chi connectivity index (χ1) is 6.39. The summed E-state index contributed by atoms with van der Waals surface area (Å²) in [4.78, 5) is 0. The Balaban J connectivity index is 3.84. The number of alkyl halides is 3. The van der Waals surface area contributed by atoms with Gasteiger partial charge in [-0.05, 0) is 13.3 Å². The lowest BCUT2D eigenvalue weighted by atomic mass is 10.1. The van der Waals surface area contributed by atoms with Gasteiger partial charge in [-0.15, -0.1) is 0 Å². The number of halogens is 3. The van der Waals surface area contributed by atoms with Gasteiger partial charge in [-0.25, -0.2) is 0 Å². The van der Waals surface area contributed by atoms with Gasteiger partial charge in [0, 0.05) is 19.2 Å². The van der Waals surface area contributed by atoms with Crippen molar-refractivity contribution in [1.29, 1.82) is 0 Å². The fraction of sp³-hybridized carbons (Fsp3) is 1.00. The molecule has 0 aliphatic heterocycles. The van der Waals surface area contributed by atoms with Crippen LogP contribution in [0.3, 0.4) is 0 Å². The normalized spacial score (nSPS) is 16.7. The van der Waals surface area contributed by atoms with Crippen LogP contribution in [-0.4, -0.2) is 32.0 Å². The zero-order valence-electron chi connectivity index (χ0n) is 8.82. The SMILES string of the molecule is CCC(COC)NC(C)CC(F)(F)F. The zero-order valence-corrected chi connectivity index (χ0v) is 8.82. The maximum atomic E-state index is 12.0. The molecule has 86 valence electrons. The maximum Gasteiger partial charge on any atom is 0.390 e. The van der Waals surface area contributed by atoms with E-state index in [2.05, 4.69) is 5.32 Å². The van der Waals surface area contributed by atoms with Gasteiger partial charge in [0.25, 0.3) is 0 Å². The lowest BCUT2D eigenvalue weighted by Crippen LogP contribution is -2.41. The smallest absolute Gasteiger partial charge is 0.383 e. The fourth-order valence-electron chi connectivity index (χ4n) is 1.29. The maximum absolute atomic E-state index is 12.0. The molecule has 14 heavy (non-hydrogen) atoms. The van der Waals surface area contributed by atoms with E-state index in [4.69, 9.17) is 4.74 Å². The fourth-order valence-corrected chi connectivity index (χ4v) is 1.29. The van der Waals surface area contributed by atoms with E-state index in [1.807, 2.05) is 6.92 Å². The summed E-state index contributed by atoms with van der Waals surface area (Å²) in [6.07, 6.45) is -4.14. The monoisotopic (exact) mass is 213 g/mol. The number of nitrogens with one attached hydrogen (secondary N) is 1. The molecule has 2 unspecified atom stereocenters. The van der Waals surface area contributed by atoms with Crippen LogP contribution in [0.5, 0.6) is 0 Å². The average molecular weight is 213 g/mol. The molecule has 1 N–H and O–H groups in total. The summed E-state index contributed by atoms with van der Waals surface area (Å²) >= 11 is 0. The standard InChI is InChI=1S/C9H18F3NO/c1-4-8(6-14-3)13-7(2)5-9(10,11)12/h7-8,13H,4-6H2,1-3H3. The summed E-state index contributed by atoms with van der Waals surface area (Å²) in [5.74, 6) is 0. The molecule has 0 amide bonds. The van der Waals surface area contributed by atoms with Gasteiger partial charge < -0.3 is 10.1 Å². The highest BCUT2D eigenvalue weighted by atomic mass is 19.4. The van der Waals surface area contributed by atoms with E-state index in [0.29, 0.717) is 6.61 Å². The van der Waals surface area contributed by atoms with Crippen LogP contribution < -0.4 is 5.32 Å². The molecular weight excluding hydrogens is 195 g/mol. The van der Waals surface area contributed by atoms with Crippen LogP contribution in [-0.2, 0) is 4.74 Å². The van der Waals surface area contributed by atoms with Crippen molar-refractivity contribution in [1.82, 2.24) is 5.32 Å². The molecule has 0 aliphatic carbocycles. The van der Waals surface area contributed by atoms with Crippen molar-refractivity contribution in [3.63, 3.8) is 0 Å². The van der Waals surface area contributed by atoms with E-state index in [1.54, 1.807) is 7.11 Å². The number of hydrogen-bond donors (Lipinski definition) is 1. The van der Waals surface area contributed by atoms with Crippen LogP contribution in [0.1, 0.15) is 26.7 Å². The molecule has 0 aliphatic rings. The number of methoxy groups -OCH3 is 1. The second kappa shape index (κ2) is 6.24. The predicted molar refractivity (Wildman–Crippen MR) is 49.2 cm³/mol. The summed E-state index contributed by atoms with van der Waals surface area (Å²) < 4.78 is 40.8. The third-order valence-electron chi connectivity index (χ3n) is 1.92. The Morgan fingerprint density at radius 1 is 1.36 bits per heavy atom. The van der Waals surface area contributed by atoms with Crippen LogP contribution in [0.4, 0.5) is 13.2 Å². The van der Waals surface area contributed by atoms with Gasteiger partial charge in [0.05, 0.1) is 13.0 Å². The summed E-state index contributed by atoms with van der Waals surface area (Å²) in [7, 11) is 1.54. The van der Waals surface area contributed by atoms with E-state index in [0.717, 1.165) is 6.42 Å². The zero-order chi connectivity index (χ0) is 11.2.